The van der Waals surface area contributed by atoms with E-state index < -0.39 is 0 Å². The minimum atomic E-state index is -0.171. The van der Waals surface area contributed by atoms with Gasteiger partial charge in [0.25, 0.3) is 5.91 Å². The maximum atomic E-state index is 12.2. The van der Waals surface area contributed by atoms with Crippen molar-refractivity contribution >= 4 is 17.4 Å². The lowest BCUT2D eigenvalue weighted by Gasteiger charge is -2.09. The summed E-state index contributed by atoms with van der Waals surface area (Å²) in [5.41, 5.74) is 1.24. The Balaban J connectivity index is 1.90. The van der Waals surface area contributed by atoms with Crippen molar-refractivity contribution < 1.29 is 9.53 Å². The van der Waals surface area contributed by atoms with Gasteiger partial charge in [-0.25, -0.2) is 4.98 Å². The van der Waals surface area contributed by atoms with E-state index in [2.05, 4.69) is 29.5 Å². The number of hydrogen-bond donors (Lipinski definition) is 2. The highest BCUT2D eigenvalue weighted by molar-refractivity contribution is 6.04. The van der Waals surface area contributed by atoms with E-state index >= 15 is 0 Å². The highest BCUT2D eigenvalue weighted by Gasteiger charge is 2.06. The zero-order chi connectivity index (χ0) is 16.7. The number of nitrogens with one attached hydrogen (secondary N) is 2. The summed E-state index contributed by atoms with van der Waals surface area (Å²) in [6.07, 6.45) is 2.75. The SMILES string of the molecule is COc1ccc(C(=O)Nc2ccc(NCCC(C)C)nc2)cc1. The molecule has 0 saturated heterocycles. The zero-order valence-electron chi connectivity index (χ0n) is 13.8. The third kappa shape index (κ3) is 5.29. The molecule has 5 nitrogen and oxygen atoms in total. The van der Waals surface area contributed by atoms with Gasteiger partial charge in [-0.1, -0.05) is 13.8 Å². The van der Waals surface area contributed by atoms with Crippen molar-refractivity contribution in [1.82, 2.24) is 4.98 Å². The molecule has 0 atom stereocenters. The number of pyridine rings is 1. The number of carbonyl (C=O) groups excluding carboxylic acids is 1. The predicted octanol–water partition coefficient (Wildman–Crippen LogP) is 3.80. The molecule has 0 aliphatic carbocycles. The molecule has 1 aromatic carbocycles. The fraction of sp³-hybridized carbons (Fsp3) is 0.333. The lowest BCUT2D eigenvalue weighted by Crippen LogP contribution is -2.12. The average molecular weight is 313 g/mol. The molecule has 1 aromatic heterocycles. The molecular weight excluding hydrogens is 290 g/mol. The van der Waals surface area contributed by atoms with Crippen LogP contribution in [0.5, 0.6) is 5.75 Å². The molecule has 2 rings (SSSR count). The summed E-state index contributed by atoms with van der Waals surface area (Å²) in [5.74, 6) is 2.02. The van der Waals surface area contributed by atoms with Crippen LogP contribution in [-0.2, 0) is 0 Å². The summed E-state index contributed by atoms with van der Waals surface area (Å²) >= 11 is 0. The maximum absolute atomic E-state index is 12.2. The van der Waals surface area contributed by atoms with E-state index in [4.69, 9.17) is 4.74 Å². The van der Waals surface area contributed by atoms with Crippen LogP contribution >= 0.6 is 0 Å². The van der Waals surface area contributed by atoms with Crippen molar-refractivity contribution in [1.29, 1.82) is 0 Å². The monoisotopic (exact) mass is 313 g/mol. The van der Waals surface area contributed by atoms with Crippen molar-refractivity contribution in [2.45, 2.75) is 20.3 Å². The lowest BCUT2D eigenvalue weighted by molar-refractivity contribution is 0.102. The molecule has 1 heterocycles. The highest BCUT2D eigenvalue weighted by atomic mass is 16.5. The van der Waals surface area contributed by atoms with Crippen LogP contribution in [0.4, 0.5) is 11.5 Å². The quantitative estimate of drug-likeness (QED) is 0.816. The molecule has 1 amide bonds. The Hall–Kier alpha value is -2.56. The Morgan fingerprint density at radius 2 is 1.91 bits per heavy atom. The first-order valence-corrected chi connectivity index (χ1v) is 7.74. The maximum Gasteiger partial charge on any atom is 0.255 e. The van der Waals surface area contributed by atoms with Crippen molar-refractivity contribution in [3.8, 4) is 5.75 Å². The molecule has 122 valence electrons. The predicted molar refractivity (Wildman–Crippen MR) is 93.1 cm³/mol. The van der Waals surface area contributed by atoms with Gasteiger partial charge in [0.15, 0.2) is 0 Å². The summed E-state index contributed by atoms with van der Waals surface area (Å²) < 4.78 is 5.08. The van der Waals surface area contributed by atoms with Gasteiger partial charge in [-0.15, -0.1) is 0 Å². The fourth-order valence-electron chi connectivity index (χ4n) is 2.01. The molecule has 0 aliphatic rings. The van der Waals surface area contributed by atoms with Gasteiger partial charge < -0.3 is 15.4 Å². The van der Waals surface area contributed by atoms with Gasteiger partial charge in [-0.05, 0) is 48.7 Å². The number of benzene rings is 1. The minimum Gasteiger partial charge on any atom is -0.497 e. The Morgan fingerprint density at radius 3 is 2.48 bits per heavy atom. The molecule has 0 fully saturated rings. The van der Waals surface area contributed by atoms with Gasteiger partial charge in [0.2, 0.25) is 0 Å². The second-order valence-corrected chi connectivity index (χ2v) is 5.72. The smallest absolute Gasteiger partial charge is 0.255 e. The van der Waals surface area contributed by atoms with E-state index in [-0.39, 0.29) is 5.91 Å². The number of methoxy groups -OCH3 is 1. The summed E-state index contributed by atoms with van der Waals surface area (Å²) in [6, 6.07) is 10.7. The van der Waals surface area contributed by atoms with E-state index in [0.717, 1.165) is 24.5 Å². The molecule has 0 bridgehead atoms. The van der Waals surface area contributed by atoms with Crippen LogP contribution < -0.4 is 15.4 Å². The van der Waals surface area contributed by atoms with Crippen LogP contribution in [0.25, 0.3) is 0 Å². The second kappa shape index (κ2) is 8.17. The lowest BCUT2D eigenvalue weighted by atomic mass is 10.1. The molecular formula is C18H23N3O2. The molecule has 0 saturated carbocycles. The van der Waals surface area contributed by atoms with E-state index in [1.807, 2.05) is 12.1 Å². The number of nitrogens with zero attached hydrogens (tertiary/aromatic N) is 1. The Bertz CT molecular complexity index is 622. The Labute approximate surface area is 137 Å². The second-order valence-electron chi connectivity index (χ2n) is 5.72. The molecule has 0 aliphatic heterocycles. The Kier molecular flexibility index (Phi) is 5.97. The topological polar surface area (TPSA) is 63.2 Å². The van der Waals surface area contributed by atoms with Crippen LogP contribution in [0.1, 0.15) is 30.6 Å². The van der Waals surface area contributed by atoms with E-state index in [1.54, 1.807) is 37.6 Å². The van der Waals surface area contributed by atoms with Gasteiger partial charge in [-0.3, -0.25) is 4.79 Å². The molecule has 5 heteroatoms. The van der Waals surface area contributed by atoms with Crippen molar-refractivity contribution in [3.63, 3.8) is 0 Å². The zero-order valence-corrected chi connectivity index (χ0v) is 13.8. The molecule has 2 N–H and O–H groups in total. The molecule has 0 radical (unpaired) electrons. The first kappa shape index (κ1) is 16.8. The number of anilines is 2. The number of rotatable bonds is 7. The standard InChI is InChI=1S/C18H23N3O2/c1-13(2)10-11-19-17-9-6-15(12-20-17)21-18(22)14-4-7-16(23-3)8-5-14/h4-9,12-13H,10-11H2,1-3H3,(H,19,20)(H,21,22). The molecule has 0 spiro atoms. The molecule has 2 aromatic rings. The van der Waals surface area contributed by atoms with E-state index in [9.17, 15) is 4.79 Å². The van der Waals surface area contributed by atoms with Crippen LogP contribution in [0.3, 0.4) is 0 Å². The highest BCUT2D eigenvalue weighted by Crippen LogP contribution is 2.14. The number of carbonyl (C=O) groups is 1. The van der Waals surface area contributed by atoms with Crippen LogP contribution in [0.2, 0.25) is 0 Å². The van der Waals surface area contributed by atoms with Gasteiger partial charge in [-0.2, -0.15) is 0 Å². The van der Waals surface area contributed by atoms with Gasteiger partial charge >= 0.3 is 0 Å². The summed E-state index contributed by atoms with van der Waals surface area (Å²) in [4.78, 5) is 16.5. The minimum absolute atomic E-state index is 0.171. The first-order valence-electron chi connectivity index (χ1n) is 7.74. The van der Waals surface area contributed by atoms with E-state index in [1.165, 1.54) is 0 Å². The molecule has 0 unspecified atom stereocenters. The number of hydrogen-bond acceptors (Lipinski definition) is 4. The first-order chi connectivity index (χ1) is 11.1. The summed E-state index contributed by atoms with van der Waals surface area (Å²) in [6.45, 7) is 5.27. The van der Waals surface area contributed by atoms with Gasteiger partial charge in [0, 0.05) is 12.1 Å². The fourth-order valence-corrected chi connectivity index (χ4v) is 2.01. The Morgan fingerprint density at radius 1 is 1.17 bits per heavy atom. The third-order valence-corrected chi connectivity index (χ3v) is 3.40. The normalized spacial score (nSPS) is 10.4. The number of aromatic nitrogens is 1. The third-order valence-electron chi connectivity index (χ3n) is 3.40. The van der Waals surface area contributed by atoms with Crippen LogP contribution in [0.15, 0.2) is 42.6 Å². The van der Waals surface area contributed by atoms with E-state index in [0.29, 0.717) is 17.2 Å². The van der Waals surface area contributed by atoms with Crippen molar-refractivity contribution in [3.05, 3.63) is 48.2 Å². The van der Waals surface area contributed by atoms with Crippen molar-refractivity contribution in [2.24, 2.45) is 5.92 Å². The summed E-state index contributed by atoms with van der Waals surface area (Å²) in [5, 5.41) is 6.09. The van der Waals surface area contributed by atoms with Gasteiger partial charge in [0.05, 0.1) is 19.0 Å². The van der Waals surface area contributed by atoms with Crippen LogP contribution in [-0.4, -0.2) is 24.5 Å². The number of amides is 1. The van der Waals surface area contributed by atoms with Crippen LogP contribution in [0, 0.1) is 5.92 Å². The summed E-state index contributed by atoms with van der Waals surface area (Å²) in [7, 11) is 1.59. The average Bonchev–Trinajstić information content (AvgIpc) is 2.56. The molecule has 23 heavy (non-hydrogen) atoms. The van der Waals surface area contributed by atoms with Gasteiger partial charge in [0.1, 0.15) is 11.6 Å². The largest absolute Gasteiger partial charge is 0.497 e. The van der Waals surface area contributed by atoms with Crippen molar-refractivity contribution in [2.75, 3.05) is 24.3 Å². The number of ether oxygens (including phenoxy) is 1.